The van der Waals surface area contributed by atoms with Crippen LogP contribution in [0.1, 0.15) is 12.5 Å². The van der Waals surface area contributed by atoms with Gasteiger partial charge in [-0.15, -0.1) is 0 Å². The van der Waals surface area contributed by atoms with E-state index in [0.717, 1.165) is 5.57 Å². The number of benzene rings is 1. The van der Waals surface area contributed by atoms with Gasteiger partial charge in [0.05, 0.1) is 11.3 Å². The highest BCUT2D eigenvalue weighted by atomic mass is 19.1. The standard InChI is InChI=1S/C13H10FNO2/c1-7-4-11(17-6-7)12-9-3-2-8(14)5-10(9)15-13(12)16/h2-5H,6H2,1H3,(H,15,16)/b12-11+. The molecule has 1 amide bonds. The molecule has 0 aliphatic carbocycles. The monoisotopic (exact) mass is 231 g/mol. The van der Waals surface area contributed by atoms with Crippen molar-refractivity contribution in [1.82, 2.24) is 0 Å². The molecule has 17 heavy (non-hydrogen) atoms. The van der Waals surface area contributed by atoms with Gasteiger partial charge in [0.25, 0.3) is 5.91 Å². The highest BCUT2D eigenvalue weighted by molar-refractivity contribution is 6.32. The zero-order valence-electron chi connectivity index (χ0n) is 9.21. The first-order chi connectivity index (χ1) is 8.15. The van der Waals surface area contributed by atoms with Crippen molar-refractivity contribution in [3.05, 3.63) is 47.0 Å². The Kier molecular flexibility index (Phi) is 2.04. The Morgan fingerprint density at radius 2 is 2.24 bits per heavy atom. The highest BCUT2D eigenvalue weighted by Crippen LogP contribution is 2.36. The minimum absolute atomic E-state index is 0.244. The molecule has 3 nitrogen and oxygen atoms in total. The average molecular weight is 231 g/mol. The number of hydrogen-bond acceptors (Lipinski definition) is 2. The van der Waals surface area contributed by atoms with Crippen molar-refractivity contribution >= 4 is 17.2 Å². The molecular formula is C13H10FNO2. The van der Waals surface area contributed by atoms with Crippen LogP contribution in [0.25, 0.3) is 5.57 Å². The van der Waals surface area contributed by atoms with Gasteiger partial charge in [-0.3, -0.25) is 4.79 Å². The maximum atomic E-state index is 13.0. The van der Waals surface area contributed by atoms with Crippen molar-refractivity contribution < 1.29 is 13.9 Å². The van der Waals surface area contributed by atoms with E-state index in [9.17, 15) is 9.18 Å². The molecule has 1 aromatic carbocycles. The molecule has 1 aromatic rings. The molecule has 0 fully saturated rings. The summed E-state index contributed by atoms with van der Waals surface area (Å²) < 4.78 is 18.5. The number of carbonyl (C=O) groups is 1. The van der Waals surface area contributed by atoms with E-state index < -0.39 is 0 Å². The van der Waals surface area contributed by atoms with Gasteiger partial charge in [-0.05, 0) is 36.8 Å². The van der Waals surface area contributed by atoms with Gasteiger partial charge in [0.15, 0.2) is 0 Å². The summed E-state index contributed by atoms with van der Waals surface area (Å²) in [6.07, 6.45) is 1.84. The van der Waals surface area contributed by atoms with Crippen molar-refractivity contribution in [1.29, 1.82) is 0 Å². The normalized spacial score (nSPS) is 22.0. The van der Waals surface area contributed by atoms with Gasteiger partial charge in [-0.1, -0.05) is 0 Å². The van der Waals surface area contributed by atoms with Crippen molar-refractivity contribution in [2.45, 2.75) is 6.92 Å². The van der Waals surface area contributed by atoms with E-state index in [1.165, 1.54) is 12.1 Å². The lowest BCUT2D eigenvalue weighted by atomic mass is 10.1. The van der Waals surface area contributed by atoms with Gasteiger partial charge >= 0.3 is 0 Å². The van der Waals surface area contributed by atoms with E-state index in [1.54, 1.807) is 6.07 Å². The first kappa shape index (κ1) is 10.1. The quantitative estimate of drug-likeness (QED) is 0.696. The number of ether oxygens (including phenoxy) is 1. The molecule has 1 N–H and O–H groups in total. The van der Waals surface area contributed by atoms with E-state index in [2.05, 4.69) is 5.32 Å². The smallest absolute Gasteiger partial charge is 0.260 e. The molecule has 86 valence electrons. The van der Waals surface area contributed by atoms with Gasteiger partial charge in [0.2, 0.25) is 0 Å². The molecule has 2 heterocycles. The van der Waals surface area contributed by atoms with Crippen LogP contribution in [0.15, 0.2) is 35.6 Å². The fraction of sp³-hybridized carbons (Fsp3) is 0.154. The molecule has 0 saturated carbocycles. The highest BCUT2D eigenvalue weighted by Gasteiger charge is 2.29. The van der Waals surface area contributed by atoms with Crippen molar-refractivity contribution in [2.75, 3.05) is 11.9 Å². The summed E-state index contributed by atoms with van der Waals surface area (Å²) in [5.41, 5.74) is 2.74. The Morgan fingerprint density at radius 3 is 2.94 bits per heavy atom. The van der Waals surface area contributed by atoms with Crippen molar-refractivity contribution in [3.63, 3.8) is 0 Å². The molecule has 2 aliphatic heterocycles. The molecule has 0 atom stereocenters. The number of fused-ring (bicyclic) bond motifs is 1. The molecule has 0 radical (unpaired) electrons. The summed E-state index contributed by atoms with van der Waals surface area (Å²) in [6.45, 7) is 2.44. The SMILES string of the molecule is CC1=C/C(=C2\C(=O)Nc3cc(F)ccc32)OC1. The predicted molar refractivity (Wildman–Crippen MR) is 61.7 cm³/mol. The summed E-state index contributed by atoms with van der Waals surface area (Å²) in [7, 11) is 0. The number of nitrogens with one attached hydrogen (secondary N) is 1. The van der Waals surface area contributed by atoms with E-state index in [-0.39, 0.29) is 11.7 Å². The third-order valence-electron chi connectivity index (χ3n) is 2.81. The van der Waals surface area contributed by atoms with Crippen LogP contribution in [0, 0.1) is 5.82 Å². The largest absolute Gasteiger partial charge is 0.488 e. The number of halogens is 1. The lowest BCUT2D eigenvalue weighted by Crippen LogP contribution is -2.05. The summed E-state index contributed by atoms with van der Waals surface area (Å²) in [4.78, 5) is 11.8. The summed E-state index contributed by atoms with van der Waals surface area (Å²) in [6, 6.07) is 4.24. The van der Waals surface area contributed by atoms with Crippen LogP contribution in [-0.4, -0.2) is 12.5 Å². The molecule has 0 unspecified atom stereocenters. The maximum Gasteiger partial charge on any atom is 0.260 e. The summed E-state index contributed by atoms with van der Waals surface area (Å²) >= 11 is 0. The summed E-state index contributed by atoms with van der Waals surface area (Å²) in [5.74, 6) is -0.0497. The second-order valence-electron chi connectivity index (χ2n) is 4.16. The molecule has 3 rings (SSSR count). The molecule has 0 spiro atoms. The maximum absolute atomic E-state index is 13.0. The van der Waals surface area contributed by atoms with E-state index >= 15 is 0 Å². The second-order valence-corrected chi connectivity index (χ2v) is 4.16. The fourth-order valence-electron chi connectivity index (χ4n) is 2.03. The Balaban J connectivity index is 2.18. The Labute approximate surface area is 97.6 Å². The summed E-state index contributed by atoms with van der Waals surface area (Å²) in [5, 5.41) is 2.63. The first-order valence-electron chi connectivity index (χ1n) is 5.30. The zero-order valence-corrected chi connectivity index (χ0v) is 9.21. The van der Waals surface area contributed by atoms with E-state index in [1.807, 2.05) is 13.0 Å². The zero-order chi connectivity index (χ0) is 12.0. The second kappa shape index (κ2) is 3.45. The number of hydrogen-bond donors (Lipinski definition) is 1. The lowest BCUT2D eigenvalue weighted by molar-refractivity contribution is -0.110. The fourth-order valence-corrected chi connectivity index (χ4v) is 2.03. The Hall–Kier alpha value is -2.10. The van der Waals surface area contributed by atoms with Crippen molar-refractivity contribution in [3.8, 4) is 0 Å². The van der Waals surface area contributed by atoms with Crippen LogP contribution in [-0.2, 0) is 9.53 Å². The van der Waals surface area contributed by atoms with Gasteiger partial charge < -0.3 is 10.1 Å². The topological polar surface area (TPSA) is 38.3 Å². The minimum Gasteiger partial charge on any atom is -0.488 e. The molecule has 2 aliphatic rings. The number of rotatable bonds is 0. The number of anilines is 1. The third-order valence-corrected chi connectivity index (χ3v) is 2.81. The minimum atomic E-state index is -0.366. The van der Waals surface area contributed by atoms with Crippen LogP contribution in [0.5, 0.6) is 0 Å². The number of allylic oxidation sites excluding steroid dienone is 1. The van der Waals surface area contributed by atoms with Gasteiger partial charge in [-0.2, -0.15) is 0 Å². The molecule has 4 heteroatoms. The van der Waals surface area contributed by atoms with E-state index in [4.69, 9.17) is 4.74 Å². The molecule has 0 aromatic heterocycles. The van der Waals surface area contributed by atoms with Crippen molar-refractivity contribution in [2.24, 2.45) is 0 Å². The number of carbonyl (C=O) groups excluding carboxylic acids is 1. The van der Waals surface area contributed by atoms with Gasteiger partial charge in [0, 0.05) is 5.56 Å². The Morgan fingerprint density at radius 1 is 1.41 bits per heavy atom. The Bertz CT molecular complexity index is 587. The molecule has 0 bridgehead atoms. The van der Waals surface area contributed by atoms with Crippen LogP contribution >= 0.6 is 0 Å². The van der Waals surface area contributed by atoms with Crippen LogP contribution in [0.3, 0.4) is 0 Å². The van der Waals surface area contributed by atoms with Crippen LogP contribution in [0.2, 0.25) is 0 Å². The lowest BCUT2D eigenvalue weighted by Gasteiger charge is -2.02. The molecule has 0 saturated heterocycles. The predicted octanol–water partition coefficient (Wildman–Crippen LogP) is 2.47. The third kappa shape index (κ3) is 1.53. The van der Waals surface area contributed by atoms with Gasteiger partial charge in [0.1, 0.15) is 18.2 Å². The van der Waals surface area contributed by atoms with E-state index in [0.29, 0.717) is 29.2 Å². The van der Waals surface area contributed by atoms with Gasteiger partial charge in [-0.25, -0.2) is 4.39 Å². The van der Waals surface area contributed by atoms with Crippen LogP contribution in [0.4, 0.5) is 10.1 Å². The molecular weight excluding hydrogens is 221 g/mol. The average Bonchev–Trinajstić information content (AvgIpc) is 2.80. The number of amides is 1. The first-order valence-corrected chi connectivity index (χ1v) is 5.30. The van der Waals surface area contributed by atoms with Crippen LogP contribution < -0.4 is 5.32 Å².